The fraction of sp³-hybridized carbons (Fsp3) is 0.462. The third-order valence-electron chi connectivity index (χ3n) is 3.29. The van der Waals surface area contributed by atoms with E-state index in [1.165, 1.54) is 18.2 Å². The molecule has 98 valence electrons. The molecule has 1 heterocycles. The number of amides is 1. The minimum Gasteiger partial charge on any atom is -0.396 e. The third-order valence-corrected chi connectivity index (χ3v) is 3.68. The summed E-state index contributed by atoms with van der Waals surface area (Å²) in [6.07, 6.45) is 1.57. The van der Waals surface area contributed by atoms with Crippen molar-refractivity contribution in [2.45, 2.75) is 12.8 Å². The first-order valence-corrected chi connectivity index (χ1v) is 6.35. The van der Waals surface area contributed by atoms with Gasteiger partial charge in [0.25, 0.3) is 5.91 Å². The molecule has 1 aliphatic heterocycles. The van der Waals surface area contributed by atoms with E-state index >= 15 is 0 Å². The van der Waals surface area contributed by atoms with Gasteiger partial charge < -0.3 is 10.0 Å². The van der Waals surface area contributed by atoms with E-state index in [9.17, 15) is 9.18 Å². The number of carbonyl (C=O) groups excluding carboxylic acids is 1. The van der Waals surface area contributed by atoms with Crippen LogP contribution in [0.3, 0.4) is 0 Å². The molecule has 1 fully saturated rings. The minimum absolute atomic E-state index is 0.117. The summed E-state index contributed by atoms with van der Waals surface area (Å²) in [6.45, 7) is 1.37. The molecule has 1 N–H and O–H groups in total. The lowest BCUT2D eigenvalue weighted by atomic mass is 10.1. The second kappa shape index (κ2) is 5.67. The van der Waals surface area contributed by atoms with Crippen LogP contribution in [0.15, 0.2) is 18.2 Å². The van der Waals surface area contributed by atoms with Crippen molar-refractivity contribution in [3.8, 4) is 0 Å². The van der Waals surface area contributed by atoms with E-state index in [4.69, 9.17) is 16.7 Å². The SMILES string of the molecule is O=C(c1cccc(F)c1Cl)N1CCC(CCO)C1. The zero-order valence-corrected chi connectivity index (χ0v) is 10.7. The van der Waals surface area contributed by atoms with E-state index in [1.54, 1.807) is 4.90 Å². The lowest BCUT2D eigenvalue weighted by molar-refractivity contribution is 0.0784. The maximum atomic E-state index is 13.3. The smallest absolute Gasteiger partial charge is 0.255 e. The maximum absolute atomic E-state index is 13.3. The van der Waals surface area contributed by atoms with Gasteiger partial charge in [0.2, 0.25) is 0 Å². The van der Waals surface area contributed by atoms with Gasteiger partial charge in [0, 0.05) is 19.7 Å². The summed E-state index contributed by atoms with van der Waals surface area (Å²) in [4.78, 5) is 13.8. The number of nitrogens with zero attached hydrogens (tertiary/aromatic N) is 1. The summed E-state index contributed by atoms with van der Waals surface area (Å²) in [6, 6.07) is 4.25. The summed E-state index contributed by atoms with van der Waals surface area (Å²) < 4.78 is 13.3. The number of carbonyl (C=O) groups is 1. The predicted molar refractivity (Wildman–Crippen MR) is 67.1 cm³/mol. The first kappa shape index (κ1) is 13.3. The Bertz CT molecular complexity index is 453. The summed E-state index contributed by atoms with van der Waals surface area (Å²) >= 11 is 5.80. The number of hydrogen-bond donors (Lipinski definition) is 1. The molecule has 1 amide bonds. The Morgan fingerprint density at radius 2 is 2.33 bits per heavy atom. The van der Waals surface area contributed by atoms with Crippen LogP contribution in [-0.2, 0) is 0 Å². The van der Waals surface area contributed by atoms with Gasteiger partial charge in [0.05, 0.1) is 10.6 Å². The average molecular weight is 272 g/mol. The quantitative estimate of drug-likeness (QED) is 0.917. The van der Waals surface area contributed by atoms with Crippen LogP contribution in [0.4, 0.5) is 4.39 Å². The lowest BCUT2D eigenvalue weighted by Crippen LogP contribution is -2.29. The second-order valence-corrected chi connectivity index (χ2v) is 4.90. The molecule has 1 atom stereocenters. The number of likely N-dealkylation sites (tertiary alicyclic amines) is 1. The van der Waals surface area contributed by atoms with Crippen molar-refractivity contribution < 1.29 is 14.3 Å². The highest BCUT2D eigenvalue weighted by Crippen LogP contribution is 2.25. The summed E-state index contributed by atoms with van der Waals surface area (Å²) in [7, 11) is 0. The van der Waals surface area contributed by atoms with Crippen LogP contribution in [0.2, 0.25) is 5.02 Å². The van der Waals surface area contributed by atoms with Gasteiger partial charge in [-0.3, -0.25) is 4.79 Å². The summed E-state index contributed by atoms with van der Waals surface area (Å²) in [5, 5.41) is 8.76. The third kappa shape index (κ3) is 2.65. The Kier molecular flexibility index (Phi) is 4.19. The standard InChI is InChI=1S/C13H15ClFNO2/c14-12-10(2-1-3-11(12)15)13(18)16-6-4-9(8-16)5-7-17/h1-3,9,17H,4-8H2. The van der Waals surface area contributed by atoms with Gasteiger partial charge in [-0.05, 0) is 30.9 Å². The summed E-state index contributed by atoms with van der Waals surface area (Å²) in [5.41, 5.74) is 0.210. The molecule has 1 aromatic rings. The van der Waals surface area contributed by atoms with Crippen molar-refractivity contribution in [3.63, 3.8) is 0 Å². The van der Waals surface area contributed by atoms with Crippen molar-refractivity contribution >= 4 is 17.5 Å². The van der Waals surface area contributed by atoms with Gasteiger partial charge in [-0.1, -0.05) is 17.7 Å². The molecular weight excluding hydrogens is 257 g/mol. The van der Waals surface area contributed by atoms with E-state index in [-0.39, 0.29) is 23.1 Å². The Hall–Kier alpha value is -1.13. The largest absolute Gasteiger partial charge is 0.396 e. The van der Waals surface area contributed by atoms with Crippen LogP contribution in [0, 0.1) is 11.7 Å². The molecule has 0 bridgehead atoms. The van der Waals surface area contributed by atoms with Crippen molar-refractivity contribution in [1.82, 2.24) is 4.90 Å². The molecule has 2 rings (SSSR count). The molecule has 18 heavy (non-hydrogen) atoms. The van der Waals surface area contributed by atoms with E-state index in [2.05, 4.69) is 0 Å². The molecule has 5 heteroatoms. The number of halogens is 2. The molecule has 0 aromatic heterocycles. The fourth-order valence-corrected chi connectivity index (χ4v) is 2.48. The second-order valence-electron chi connectivity index (χ2n) is 4.52. The monoisotopic (exact) mass is 271 g/mol. The van der Waals surface area contributed by atoms with E-state index in [1.807, 2.05) is 0 Å². The summed E-state index contributed by atoms with van der Waals surface area (Å²) in [5.74, 6) is -0.486. The Morgan fingerprint density at radius 1 is 1.56 bits per heavy atom. The van der Waals surface area contributed by atoms with Crippen LogP contribution >= 0.6 is 11.6 Å². The number of hydrogen-bond acceptors (Lipinski definition) is 2. The molecule has 0 saturated carbocycles. The molecule has 3 nitrogen and oxygen atoms in total. The molecular formula is C13H15ClFNO2. The zero-order chi connectivity index (χ0) is 13.1. The Labute approximate surface area is 110 Å². The van der Waals surface area contributed by atoms with E-state index < -0.39 is 5.82 Å². The van der Waals surface area contributed by atoms with Crippen LogP contribution in [0.1, 0.15) is 23.2 Å². The van der Waals surface area contributed by atoms with Gasteiger partial charge >= 0.3 is 0 Å². The number of aliphatic hydroxyl groups excluding tert-OH is 1. The van der Waals surface area contributed by atoms with Gasteiger partial charge in [-0.25, -0.2) is 4.39 Å². The van der Waals surface area contributed by atoms with Gasteiger partial charge in [0.15, 0.2) is 0 Å². The Morgan fingerprint density at radius 3 is 3.06 bits per heavy atom. The van der Waals surface area contributed by atoms with Crippen molar-refractivity contribution in [1.29, 1.82) is 0 Å². The zero-order valence-electron chi connectivity index (χ0n) is 9.90. The van der Waals surface area contributed by atoms with E-state index in [0.717, 1.165) is 6.42 Å². The molecule has 0 aliphatic carbocycles. The molecule has 1 saturated heterocycles. The van der Waals surface area contributed by atoms with Crippen molar-refractivity contribution in [2.24, 2.45) is 5.92 Å². The predicted octanol–water partition coefficient (Wildman–Crippen LogP) is 2.32. The van der Waals surface area contributed by atoms with Crippen LogP contribution < -0.4 is 0 Å². The topological polar surface area (TPSA) is 40.5 Å². The van der Waals surface area contributed by atoms with Gasteiger partial charge in [-0.2, -0.15) is 0 Å². The van der Waals surface area contributed by atoms with Crippen LogP contribution in [-0.4, -0.2) is 35.6 Å². The normalized spacial score (nSPS) is 19.3. The van der Waals surface area contributed by atoms with Crippen molar-refractivity contribution in [3.05, 3.63) is 34.6 Å². The van der Waals surface area contributed by atoms with Crippen molar-refractivity contribution in [2.75, 3.05) is 19.7 Å². The minimum atomic E-state index is -0.575. The molecule has 1 aliphatic rings. The highest BCUT2D eigenvalue weighted by molar-refractivity contribution is 6.34. The highest BCUT2D eigenvalue weighted by atomic mass is 35.5. The molecule has 0 spiro atoms. The fourth-order valence-electron chi connectivity index (χ4n) is 2.27. The average Bonchev–Trinajstić information content (AvgIpc) is 2.81. The maximum Gasteiger partial charge on any atom is 0.255 e. The highest BCUT2D eigenvalue weighted by Gasteiger charge is 2.28. The van der Waals surface area contributed by atoms with Gasteiger partial charge in [0.1, 0.15) is 5.82 Å². The Balaban J connectivity index is 2.11. The van der Waals surface area contributed by atoms with Gasteiger partial charge in [-0.15, -0.1) is 0 Å². The number of rotatable bonds is 3. The van der Waals surface area contributed by atoms with Crippen LogP contribution in [0.5, 0.6) is 0 Å². The van der Waals surface area contributed by atoms with E-state index in [0.29, 0.717) is 25.4 Å². The molecule has 0 radical (unpaired) electrons. The first-order chi connectivity index (χ1) is 8.63. The molecule has 1 unspecified atom stereocenters. The lowest BCUT2D eigenvalue weighted by Gasteiger charge is -2.17. The number of aliphatic hydroxyl groups is 1. The molecule has 1 aromatic carbocycles. The number of benzene rings is 1. The van der Waals surface area contributed by atoms with Crippen LogP contribution in [0.25, 0.3) is 0 Å². The first-order valence-electron chi connectivity index (χ1n) is 5.97.